The van der Waals surface area contributed by atoms with E-state index in [9.17, 15) is 43.2 Å². The number of phosphoric acid groups is 2. The molecule has 0 aliphatic carbocycles. The fourth-order valence-electron chi connectivity index (χ4n) is 9.05. The molecule has 0 spiro atoms. The van der Waals surface area contributed by atoms with Crippen molar-refractivity contribution >= 4 is 39.5 Å². The zero-order valence-electron chi connectivity index (χ0n) is 56.7. The minimum atomic E-state index is -4.96. The molecular weight excluding hydrogens is 1200 g/mol. The van der Waals surface area contributed by atoms with Crippen LogP contribution in [0.2, 0.25) is 0 Å². The number of rotatable bonds is 65. The van der Waals surface area contributed by atoms with Crippen LogP contribution in [-0.2, 0) is 65.4 Å². The molecule has 0 aromatic rings. The van der Waals surface area contributed by atoms with Crippen molar-refractivity contribution in [3.8, 4) is 0 Å². The number of allylic oxidation sites excluding steroid dienone is 16. The third-order valence-corrected chi connectivity index (χ3v) is 16.4. The Bertz CT molecular complexity index is 2120. The zero-order valence-corrected chi connectivity index (χ0v) is 58.5. The number of esters is 4. The number of hydrogen-bond acceptors (Lipinski definition) is 15. The molecular formula is C72H124O17P2. The van der Waals surface area contributed by atoms with Crippen LogP contribution in [0.15, 0.2) is 97.2 Å². The van der Waals surface area contributed by atoms with Gasteiger partial charge in [0.25, 0.3) is 0 Å². The van der Waals surface area contributed by atoms with Gasteiger partial charge in [0.2, 0.25) is 0 Å². The van der Waals surface area contributed by atoms with Crippen molar-refractivity contribution in [1.82, 2.24) is 0 Å². The van der Waals surface area contributed by atoms with E-state index in [1.54, 1.807) is 0 Å². The van der Waals surface area contributed by atoms with Crippen LogP contribution < -0.4 is 0 Å². The van der Waals surface area contributed by atoms with Crippen molar-refractivity contribution < 1.29 is 80.2 Å². The molecule has 3 N–H and O–H groups in total. The molecule has 0 aromatic carbocycles. The number of aliphatic hydroxyl groups is 1. The van der Waals surface area contributed by atoms with Crippen molar-refractivity contribution in [2.75, 3.05) is 39.6 Å². The number of phosphoric ester groups is 2. The van der Waals surface area contributed by atoms with Gasteiger partial charge in [0.15, 0.2) is 6.10 Å². The molecule has 91 heavy (non-hydrogen) atoms. The second kappa shape index (κ2) is 64.7. The van der Waals surface area contributed by atoms with Gasteiger partial charge in [-0.1, -0.05) is 201 Å². The highest BCUT2D eigenvalue weighted by atomic mass is 31.2. The van der Waals surface area contributed by atoms with E-state index < -0.39 is 90.9 Å². The van der Waals surface area contributed by atoms with Gasteiger partial charge in [-0.25, -0.2) is 9.13 Å². The van der Waals surface area contributed by atoms with Gasteiger partial charge in [0, 0.05) is 32.1 Å². The Kier molecular flexibility index (Phi) is 61.8. The quantitative estimate of drug-likeness (QED) is 0.0169. The molecule has 0 saturated carbocycles. The molecule has 0 aliphatic rings. The van der Waals surface area contributed by atoms with Crippen molar-refractivity contribution in [3.63, 3.8) is 0 Å². The molecule has 17 nitrogen and oxygen atoms in total. The number of ether oxygens (including phenoxy) is 4. The van der Waals surface area contributed by atoms with Gasteiger partial charge >= 0.3 is 39.5 Å². The second-order valence-electron chi connectivity index (χ2n) is 23.1. The SMILES string of the molecule is C/C=C\C/C=C\CCCCCCC(=O)OCC(CCOP(=O)(O)OCC(O)COP(=O)(O)OCC(COC(=O)CCCCCC/C=C\C/C=C\CCCCCC)OC(=O)CCCCCC/C=C\C/C=C\C)OC(=O)CCCCCC/C=C\C/C=C\CCCCCC. The Balaban J connectivity index is 5.26. The van der Waals surface area contributed by atoms with Crippen LogP contribution >= 0.6 is 15.6 Å². The molecule has 524 valence electrons. The van der Waals surface area contributed by atoms with Crippen LogP contribution in [0, 0.1) is 0 Å². The monoisotopic (exact) mass is 1320 g/mol. The summed E-state index contributed by atoms with van der Waals surface area (Å²) in [6.07, 6.45) is 64.1. The second-order valence-corrected chi connectivity index (χ2v) is 26.0. The molecule has 0 fully saturated rings. The van der Waals surface area contributed by atoms with Crippen LogP contribution in [0.1, 0.15) is 278 Å². The summed E-state index contributed by atoms with van der Waals surface area (Å²) in [7, 11) is -9.81. The lowest BCUT2D eigenvalue weighted by atomic mass is 10.1. The highest BCUT2D eigenvalue weighted by Gasteiger charge is 2.29. The van der Waals surface area contributed by atoms with Gasteiger partial charge in [-0.05, 0) is 142 Å². The molecule has 0 bridgehead atoms. The normalized spacial score (nSPS) is 14.7. The number of carbonyl (C=O) groups excluding carboxylic acids is 4. The van der Waals surface area contributed by atoms with Gasteiger partial charge < -0.3 is 33.8 Å². The topological polar surface area (TPSA) is 237 Å². The predicted molar refractivity (Wildman–Crippen MR) is 367 cm³/mol. The van der Waals surface area contributed by atoms with E-state index in [0.717, 1.165) is 141 Å². The lowest BCUT2D eigenvalue weighted by Crippen LogP contribution is -2.30. The van der Waals surface area contributed by atoms with E-state index in [1.165, 1.54) is 51.4 Å². The molecule has 0 aliphatic heterocycles. The van der Waals surface area contributed by atoms with E-state index in [2.05, 4.69) is 98.9 Å². The predicted octanol–water partition coefficient (Wildman–Crippen LogP) is 19.3. The van der Waals surface area contributed by atoms with E-state index >= 15 is 0 Å². The van der Waals surface area contributed by atoms with Crippen LogP contribution in [0.25, 0.3) is 0 Å². The first kappa shape index (κ1) is 87.0. The summed E-state index contributed by atoms with van der Waals surface area (Å²) < 4.78 is 68.1. The Hall–Kier alpha value is -4.02. The minimum Gasteiger partial charge on any atom is -0.462 e. The Morgan fingerprint density at radius 1 is 0.352 bits per heavy atom. The number of aliphatic hydroxyl groups excluding tert-OH is 1. The van der Waals surface area contributed by atoms with Crippen molar-refractivity contribution in [3.05, 3.63) is 97.2 Å². The third-order valence-electron chi connectivity index (χ3n) is 14.5. The van der Waals surface area contributed by atoms with E-state index in [-0.39, 0.29) is 38.7 Å². The summed E-state index contributed by atoms with van der Waals surface area (Å²) in [6, 6.07) is 0. The standard InChI is InChI=1S/C72H124O17P2/c1-5-9-13-17-21-25-29-31-33-35-37-41-44-48-52-56-70(75)83-64-68(89-72(77)58-54-50-45-40-28-24-20-16-12-8-4)65-87-91(80,81)86-62-66(73)61-85-90(78,79)84-60-59-67(63-82-69(74)55-51-47-43-39-27-23-19-15-11-7-3)88-71(76)57-53-49-46-42-38-36-34-32-30-26-22-18-14-10-6-2/h7-8,11-12,19-20,23-26,29-30,33-36,66-68,73H,5-6,9-10,13-18,21-22,27-28,31-32,37-65H2,1-4H3,(H,78,79)(H,80,81)/b11-7-,12-8-,23-19-,24-20-,29-25-,30-26-,35-33-,36-34-. The molecule has 0 aromatic heterocycles. The molecule has 0 amide bonds. The summed E-state index contributed by atoms with van der Waals surface area (Å²) in [4.78, 5) is 72.3. The van der Waals surface area contributed by atoms with Crippen molar-refractivity contribution in [1.29, 1.82) is 0 Å². The zero-order chi connectivity index (χ0) is 66.8. The fraction of sp³-hybridized carbons (Fsp3) is 0.722. The van der Waals surface area contributed by atoms with Gasteiger partial charge in [0.1, 0.15) is 25.4 Å². The van der Waals surface area contributed by atoms with Crippen LogP contribution in [0.4, 0.5) is 0 Å². The summed E-state index contributed by atoms with van der Waals surface area (Å²) >= 11 is 0. The van der Waals surface area contributed by atoms with Gasteiger partial charge in [0.05, 0.1) is 26.4 Å². The van der Waals surface area contributed by atoms with Gasteiger partial charge in [-0.2, -0.15) is 0 Å². The minimum absolute atomic E-state index is 0.0715. The molecule has 5 unspecified atom stereocenters. The smallest absolute Gasteiger partial charge is 0.462 e. The maximum absolute atomic E-state index is 13.0. The average Bonchev–Trinajstić information content (AvgIpc) is 3.70. The molecule has 0 rings (SSSR count). The molecule has 0 heterocycles. The summed E-state index contributed by atoms with van der Waals surface area (Å²) in [5, 5.41) is 10.5. The first-order valence-electron chi connectivity index (χ1n) is 34.9. The maximum Gasteiger partial charge on any atom is 0.472 e. The lowest BCUT2D eigenvalue weighted by molar-refractivity contribution is -0.161. The highest BCUT2D eigenvalue weighted by Crippen LogP contribution is 2.45. The summed E-state index contributed by atoms with van der Waals surface area (Å²) in [6.45, 7) is 4.75. The largest absolute Gasteiger partial charge is 0.472 e. The average molecular weight is 1320 g/mol. The Morgan fingerprint density at radius 2 is 0.648 bits per heavy atom. The molecule has 0 radical (unpaired) electrons. The Labute approximate surface area is 550 Å². The van der Waals surface area contributed by atoms with Crippen molar-refractivity contribution in [2.24, 2.45) is 0 Å². The number of carbonyl (C=O) groups is 4. The summed E-state index contributed by atoms with van der Waals surface area (Å²) in [5.74, 6) is -2.09. The first-order valence-corrected chi connectivity index (χ1v) is 37.9. The number of unbranched alkanes of at least 4 members (excludes halogenated alkanes) is 24. The van der Waals surface area contributed by atoms with Gasteiger partial charge in [-0.15, -0.1) is 0 Å². The lowest BCUT2D eigenvalue weighted by Gasteiger charge is -2.21. The Morgan fingerprint density at radius 3 is 1.01 bits per heavy atom. The van der Waals surface area contributed by atoms with E-state index in [0.29, 0.717) is 25.7 Å². The molecule has 19 heteroatoms. The van der Waals surface area contributed by atoms with Crippen LogP contribution in [0.3, 0.4) is 0 Å². The fourth-order valence-corrected chi connectivity index (χ4v) is 10.6. The third kappa shape index (κ3) is 64.5. The van der Waals surface area contributed by atoms with E-state index in [1.807, 2.05) is 26.0 Å². The highest BCUT2D eigenvalue weighted by molar-refractivity contribution is 7.47. The first-order chi connectivity index (χ1) is 44.2. The molecule has 0 saturated heterocycles. The van der Waals surface area contributed by atoms with E-state index in [4.69, 9.17) is 37.0 Å². The number of hydrogen-bond donors (Lipinski definition) is 3. The summed E-state index contributed by atoms with van der Waals surface area (Å²) in [5.41, 5.74) is 0. The maximum atomic E-state index is 13.0. The van der Waals surface area contributed by atoms with Crippen molar-refractivity contribution in [2.45, 2.75) is 296 Å². The van der Waals surface area contributed by atoms with Gasteiger partial charge in [-0.3, -0.25) is 37.3 Å². The van der Waals surface area contributed by atoms with Crippen LogP contribution in [-0.4, -0.2) is 96.7 Å². The molecule has 5 atom stereocenters. The van der Waals surface area contributed by atoms with Crippen LogP contribution in [0.5, 0.6) is 0 Å².